The van der Waals surface area contributed by atoms with Crippen molar-refractivity contribution in [3.63, 3.8) is 0 Å². The van der Waals surface area contributed by atoms with Crippen LogP contribution in [0.5, 0.6) is 0 Å². The van der Waals surface area contributed by atoms with E-state index in [0.29, 0.717) is 0 Å². The zero-order valence-electron chi connectivity index (χ0n) is 17.6. The molecule has 0 unspecified atom stereocenters. The Kier molecular flexibility index (Phi) is 4.55. The first-order valence-electron chi connectivity index (χ1n) is 10.7. The van der Waals surface area contributed by atoms with Crippen LogP contribution in [0.2, 0.25) is 0 Å². The molecule has 0 aliphatic carbocycles. The Labute approximate surface area is 190 Å². The number of benzene rings is 4. The van der Waals surface area contributed by atoms with Crippen molar-refractivity contribution < 1.29 is 0 Å². The lowest BCUT2D eigenvalue weighted by Crippen LogP contribution is -1.96. The smallest absolute Gasteiger partial charge is 0.160 e. The van der Waals surface area contributed by atoms with Gasteiger partial charge >= 0.3 is 0 Å². The zero-order chi connectivity index (χ0) is 21.5. The second-order valence-electron chi connectivity index (χ2n) is 7.92. The summed E-state index contributed by atoms with van der Waals surface area (Å²) < 4.78 is 2.60. The number of hydrogen-bond donors (Lipinski definition) is 0. The van der Waals surface area contributed by atoms with E-state index < -0.39 is 0 Å². The summed E-state index contributed by atoms with van der Waals surface area (Å²) in [6, 6.07) is 35.8. The van der Waals surface area contributed by atoms with Gasteiger partial charge in [-0.25, -0.2) is 9.97 Å². The summed E-state index contributed by atoms with van der Waals surface area (Å²) in [5.74, 6) is 0.746. The third-order valence-electron chi connectivity index (χ3n) is 5.83. The minimum absolute atomic E-state index is 0.746. The molecule has 2 heterocycles. The van der Waals surface area contributed by atoms with Gasteiger partial charge in [-0.05, 0) is 30.7 Å². The van der Waals surface area contributed by atoms with Crippen molar-refractivity contribution in [3.8, 4) is 33.9 Å². The van der Waals surface area contributed by atoms with E-state index >= 15 is 0 Å². The molecule has 152 valence electrons. The van der Waals surface area contributed by atoms with Crippen molar-refractivity contribution in [2.24, 2.45) is 0 Å². The first kappa shape index (κ1) is 18.9. The molecule has 0 N–H and O–H groups in total. The van der Waals surface area contributed by atoms with Gasteiger partial charge in [-0.3, -0.25) is 0 Å². The molecule has 6 rings (SSSR count). The van der Waals surface area contributed by atoms with Crippen molar-refractivity contribution in [2.75, 3.05) is 0 Å². The molecule has 4 aromatic carbocycles. The van der Waals surface area contributed by atoms with Gasteiger partial charge in [0.05, 0.1) is 11.4 Å². The number of thiophene rings is 1. The van der Waals surface area contributed by atoms with Gasteiger partial charge in [0.1, 0.15) is 0 Å². The van der Waals surface area contributed by atoms with Crippen LogP contribution in [-0.4, -0.2) is 9.97 Å². The first-order chi connectivity index (χ1) is 15.8. The molecule has 2 nitrogen and oxygen atoms in total. The molecule has 3 heteroatoms. The molecule has 2 aromatic heterocycles. The van der Waals surface area contributed by atoms with Gasteiger partial charge in [0, 0.05) is 36.9 Å². The van der Waals surface area contributed by atoms with Crippen LogP contribution in [0, 0.1) is 6.92 Å². The maximum absolute atomic E-state index is 5.06. The average molecular weight is 429 g/mol. The van der Waals surface area contributed by atoms with E-state index in [1.807, 2.05) is 35.6 Å². The summed E-state index contributed by atoms with van der Waals surface area (Å²) in [6.45, 7) is 2.19. The minimum Gasteiger partial charge on any atom is -0.228 e. The molecule has 32 heavy (non-hydrogen) atoms. The lowest BCUT2D eigenvalue weighted by atomic mass is 9.99. The summed E-state index contributed by atoms with van der Waals surface area (Å²) in [5.41, 5.74) is 6.44. The van der Waals surface area contributed by atoms with Crippen molar-refractivity contribution in [1.82, 2.24) is 9.97 Å². The number of aryl methyl sites for hydroxylation is 1. The highest BCUT2D eigenvalue weighted by Gasteiger charge is 2.16. The topological polar surface area (TPSA) is 25.8 Å². The second-order valence-corrected chi connectivity index (χ2v) is 9.01. The fraction of sp³-hybridized carbons (Fsp3) is 0.0345. The van der Waals surface area contributed by atoms with Gasteiger partial charge < -0.3 is 0 Å². The molecular formula is C29H20N2S. The molecule has 0 aliphatic rings. The zero-order valence-corrected chi connectivity index (χ0v) is 18.4. The van der Waals surface area contributed by atoms with Crippen molar-refractivity contribution >= 4 is 31.5 Å². The SMILES string of the molecule is Cc1cccc2sc3cccc(-c4cc(-c5ccccc5)nc(-c5ccccc5)n4)c3c12. The molecule has 0 fully saturated rings. The number of nitrogens with zero attached hydrogens (tertiary/aromatic N) is 2. The Hall–Kier alpha value is -3.82. The molecular weight excluding hydrogens is 408 g/mol. The molecule has 0 bridgehead atoms. The third kappa shape index (κ3) is 3.19. The fourth-order valence-electron chi connectivity index (χ4n) is 4.31. The summed E-state index contributed by atoms with van der Waals surface area (Å²) in [7, 11) is 0. The maximum atomic E-state index is 5.06. The van der Waals surface area contributed by atoms with E-state index in [1.54, 1.807) is 0 Å². The second kappa shape index (κ2) is 7.70. The number of rotatable bonds is 3. The normalized spacial score (nSPS) is 11.3. The highest BCUT2D eigenvalue weighted by atomic mass is 32.1. The van der Waals surface area contributed by atoms with E-state index in [2.05, 4.69) is 85.8 Å². The van der Waals surface area contributed by atoms with Crippen LogP contribution in [0.25, 0.3) is 54.1 Å². The van der Waals surface area contributed by atoms with Crippen LogP contribution >= 0.6 is 11.3 Å². The van der Waals surface area contributed by atoms with Gasteiger partial charge in [-0.15, -0.1) is 11.3 Å². The average Bonchev–Trinajstić information content (AvgIpc) is 3.25. The molecule has 0 saturated carbocycles. The van der Waals surface area contributed by atoms with Crippen LogP contribution in [0.1, 0.15) is 5.56 Å². The largest absolute Gasteiger partial charge is 0.228 e. The molecule has 0 spiro atoms. The maximum Gasteiger partial charge on any atom is 0.160 e. The Balaban J connectivity index is 1.67. The quantitative estimate of drug-likeness (QED) is 0.284. The molecule has 0 radical (unpaired) electrons. The lowest BCUT2D eigenvalue weighted by Gasteiger charge is -2.11. The number of aromatic nitrogens is 2. The molecule has 0 amide bonds. The van der Waals surface area contributed by atoms with E-state index in [4.69, 9.17) is 9.97 Å². The van der Waals surface area contributed by atoms with Crippen LogP contribution in [0.4, 0.5) is 0 Å². The summed E-state index contributed by atoms with van der Waals surface area (Å²) in [4.78, 5) is 10.00. The Morgan fingerprint density at radius 2 is 1.19 bits per heavy atom. The van der Waals surface area contributed by atoms with Crippen molar-refractivity contribution in [3.05, 3.63) is 109 Å². The van der Waals surface area contributed by atoms with Gasteiger partial charge in [0.25, 0.3) is 0 Å². The van der Waals surface area contributed by atoms with Crippen LogP contribution in [0.15, 0.2) is 103 Å². The van der Waals surface area contributed by atoms with Gasteiger partial charge in [-0.2, -0.15) is 0 Å². The summed E-state index contributed by atoms with van der Waals surface area (Å²) >= 11 is 1.84. The molecule has 0 aliphatic heterocycles. The van der Waals surface area contributed by atoms with Crippen LogP contribution in [-0.2, 0) is 0 Å². The molecule has 0 atom stereocenters. The van der Waals surface area contributed by atoms with Crippen LogP contribution < -0.4 is 0 Å². The predicted molar refractivity (Wildman–Crippen MR) is 136 cm³/mol. The number of fused-ring (bicyclic) bond motifs is 3. The predicted octanol–water partition coefficient (Wildman–Crippen LogP) is 8.15. The highest BCUT2D eigenvalue weighted by Crippen LogP contribution is 2.41. The van der Waals surface area contributed by atoms with Gasteiger partial charge in [-0.1, -0.05) is 84.9 Å². The Morgan fingerprint density at radius 1 is 0.562 bits per heavy atom. The Morgan fingerprint density at radius 3 is 1.94 bits per heavy atom. The van der Waals surface area contributed by atoms with Gasteiger partial charge in [0.15, 0.2) is 5.82 Å². The Bertz CT molecular complexity index is 1510. The van der Waals surface area contributed by atoms with E-state index in [0.717, 1.165) is 33.9 Å². The summed E-state index contributed by atoms with van der Waals surface area (Å²) in [5, 5.41) is 2.60. The standard InChI is InChI=1S/C29H20N2S/c1-19-10-8-16-25-27(19)28-22(15-9-17-26(28)32-25)24-18-23(20-11-4-2-5-12-20)30-29(31-24)21-13-6-3-7-14-21/h2-18H,1H3. The number of hydrogen-bond acceptors (Lipinski definition) is 3. The van der Waals surface area contributed by atoms with Gasteiger partial charge in [0.2, 0.25) is 0 Å². The van der Waals surface area contributed by atoms with E-state index in [1.165, 1.54) is 25.7 Å². The minimum atomic E-state index is 0.746. The lowest BCUT2D eigenvalue weighted by molar-refractivity contribution is 1.19. The van der Waals surface area contributed by atoms with Crippen molar-refractivity contribution in [1.29, 1.82) is 0 Å². The molecule has 6 aromatic rings. The fourth-order valence-corrected chi connectivity index (χ4v) is 5.52. The van der Waals surface area contributed by atoms with Crippen LogP contribution in [0.3, 0.4) is 0 Å². The summed E-state index contributed by atoms with van der Waals surface area (Å²) in [6.07, 6.45) is 0. The highest BCUT2D eigenvalue weighted by molar-refractivity contribution is 7.26. The first-order valence-corrected chi connectivity index (χ1v) is 11.5. The van der Waals surface area contributed by atoms with E-state index in [9.17, 15) is 0 Å². The monoisotopic (exact) mass is 428 g/mol. The van der Waals surface area contributed by atoms with Crippen molar-refractivity contribution in [2.45, 2.75) is 6.92 Å². The van der Waals surface area contributed by atoms with E-state index in [-0.39, 0.29) is 0 Å². The molecule has 0 saturated heterocycles. The third-order valence-corrected chi connectivity index (χ3v) is 6.95.